The van der Waals surface area contributed by atoms with E-state index in [1.807, 2.05) is 0 Å². The van der Waals surface area contributed by atoms with Crippen LogP contribution in [0.2, 0.25) is 0 Å². The summed E-state index contributed by atoms with van der Waals surface area (Å²) < 4.78 is 26.2. The van der Waals surface area contributed by atoms with E-state index in [1.54, 1.807) is 31.2 Å². The maximum Gasteiger partial charge on any atom is 0.414 e. The van der Waals surface area contributed by atoms with Crippen molar-refractivity contribution in [3.8, 4) is 11.8 Å². The molecule has 3 N–H and O–H groups in total. The molecule has 1 fully saturated rings. The Labute approximate surface area is 157 Å². The van der Waals surface area contributed by atoms with Crippen LogP contribution in [-0.2, 0) is 20.2 Å². The number of ether oxygens (including phenoxy) is 1. The molecule has 3 atom stereocenters. The average Bonchev–Trinajstić information content (AvgIpc) is 2.99. The number of nitrogens with zero attached hydrogens (tertiary/aromatic N) is 1. The number of carbonyl (C=O) groups excluding carboxylic acids is 2. The summed E-state index contributed by atoms with van der Waals surface area (Å²) in [6.07, 6.45) is -2.56. The molecule has 0 bridgehead atoms. The quantitative estimate of drug-likeness (QED) is 0.238. The lowest BCUT2D eigenvalue weighted by molar-refractivity contribution is -0.132. The zero-order valence-electron chi connectivity index (χ0n) is 14.7. The summed E-state index contributed by atoms with van der Waals surface area (Å²) in [7, 11) is -3.22. The SMILES string of the molecule is CC(O)C#Cc1ccc(N2C[C@H](C[C@](C)(C(=O)NO)[SH](=O)=O)OC2=O)cc1. The van der Waals surface area contributed by atoms with Crippen molar-refractivity contribution < 1.29 is 33.1 Å². The number of anilines is 1. The Morgan fingerprint density at radius 1 is 1.44 bits per heavy atom. The Balaban J connectivity index is 2.13. The van der Waals surface area contributed by atoms with Crippen molar-refractivity contribution in [1.29, 1.82) is 0 Å². The first kappa shape index (κ1) is 20.7. The first-order chi connectivity index (χ1) is 12.7. The Kier molecular flexibility index (Phi) is 6.43. The summed E-state index contributed by atoms with van der Waals surface area (Å²) in [4.78, 5) is 25.1. The molecule has 2 rings (SSSR count). The lowest BCUT2D eigenvalue weighted by atomic mass is 10.0. The van der Waals surface area contributed by atoms with E-state index in [-0.39, 0.29) is 13.0 Å². The lowest BCUT2D eigenvalue weighted by Crippen LogP contribution is -2.47. The Morgan fingerprint density at radius 2 is 2.07 bits per heavy atom. The van der Waals surface area contributed by atoms with Gasteiger partial charge in [-0.3, -0.25) is 14.9 Å². The van der Waals surface area contributed by atoms with Gasteiger partial charge in [-0.1, -0.05) is 11.8 Å². The number of thiol groups is 1. The van der Waals surface area contributed by atoms with E-state index in [1.165, 1.54) is 10.4 Å². The molecule has 1 aliphatic rings. The van der Waals surface area contributed by atoms with Crippen molar-refractivity contribution in [3.05, 3.63) is 29.8 Å². The van der Waals surface area contributed by atoms with Crippen molar-refractivity contribution in [1.82, 2.24) is 5.48 Å². The number of hydrogen-bond donors (Lipinski definition) is 4. The lowest BCUT2D eigenvalue weighted by Gasteiger charge is -2.22. The second-order valence-electron chi connectivity index (χ2n) is 6.28. The van der Waals surface area contributed by atoms with E-state index >= 15 is 0 Å². The van der Waals surface area contributed by atoms with Gasteiger partial charge in [0.1, 0.15) is 12.2 Å². The molecular formula is C17H20N2O7S. The summed E-state index contributed by atoms with van der Waals surface area (Å²) >= 11 is 0. The van der Waals surface area contributed by atoms with Crippen LogP contribution in [0.1, 0.15) is 25.8 Å². The van der Waals surface area contributed by atoms with Gasteiger partial charge < -0.3 is 9.84 Å². The topological polar surface area (TPSA) is 133 Å². The van der Waals surface area contributed by atoms with Crippen LogP contribution >= 0.6 is 0 Å². The minimum absolute atomic E-state index is 0.0506. The highest BCUT2D eigenvalue weighted by Crippen LogP contribution is 2.27. The Bertz CT molecular complexity index is 846. The molecule has 2 amide bonds. The normalized spacial score (nSPS) is 19.7. The highest BCUT2D eigenvalue weighted by molar-refractivity contribution is 7.75. The maximum atomic E-state index is 12.1. The molecule has 0 radical (unpaired) electrons. The fourth-order valence-electron chi connectivity index (χ4n) is 2.57. The minimum Gasteiger partial charge on any atom is -0.444 e. The Morgan fingerprint density at radius 3 is 2.59 bits per heavy atom. The van der Waals surface area contributed by atoms with Crippen LogP contribution in [0.3, 0.4) is 0 Å². The first-order valence-electron chi connectivity index (χ1n) is 8.04. The van der Waals surface area contributed by atoms with Crippen molar-refractivity contribution in [3.63, 3.8) is 0 Å². The largest absolute Gasteiger partial charge is 0.444 e. The molecule has 0 aromatic heterocycles. The van der Waals surface area contributed by atoms with Crippen LogP contribution < -0.4 is 10.4 Å². The van der Waals surface area contributed by atoms with Crippen LogP contribution in [0.4, 0.5) is 10.5 Å². The molecule has 1 aromatic rings. The zero-order valence-corrected chi connectivity index (χ0v) is 15.6. The highest BCUT2D eigenvalue weighted by atomic mass is 32.2. The first-order valence-corrected chi connectivity index (χ1v) is 9.22. The van der Waals surface area contributed by atoms with Gasteiger partial charge in [-0.15, -0.1) is 0 Å². The fourth-order valence-corrected chi connectivity index (χ4v) is 3.13. The van der Waals surface area contributed by atoms with E-state index in [0.717, 1.165) is 6.92 Å². The maximum absolute atomic E-state index is 12.1. The van der Waals surface area contributed by atoms with E-state index in [9.17, 15) is 18.0 Å². The van der Waals surface area contributed by atoms with Crippen LogP contribution in [-0.4, -0.2) is 54.2 Å². The molecule has 27 heavy (non-hydrogen) atoms. The predicted octanol–water partition coefficient (Wildman–Crippen LogP) is 0.00970. The second-order valence-corrected chi connectivity index (χ2v) is 7.79. The second kappa shape index (κ2) is 8.39. The summed E-state index contributed by atoms with van der Waals surface area (Å²) in [5.74, 6) is 4.29. The van der Waals surface area contributed by atoms with Gasteiger partial charge in [0.25, 0.3) is 5.91 Å². The summed E-state index contributed by atoms with van der Waals surface area (Å²) in [6.45, 7) is 2.74. The van der Waals surface area contributed by atoms with Gasteiger partial charge in [-0.2, -0.15) is 0 Å². The average molecular weight is 396 g/mol. The predicted molar refractivity (Wildman–Crippen MR) is 95.9 cm³/mol. The third-order valence-corrected chi connectivity index (χ3v) is 5.29. The number of benzene rings is 1. The molecule has 9 nitrogen and oxygen atoms in total. The van der Waals surface area contributed by atoms with E-state index in [4.69, 9.17) is 15.1 Å². The number of aliphatic hydroxyl groups excluding tert-OH is 1. The highest BCUT2D eigenvalue weighted by Gasteiger charge is 2.44. The molecule has 1 aromatic carbocycles. The molecule has 1 heterocycles. The van der Waals surface area contributed by atoms with Gasteiger partial charge in [0.15, 0.2) is 15.5 Å². The number of rotatable bonds is 5. The molecule has 1 aliphatic heterocycles. The fraction of sp³-hybridized carbons (Fsp3) is 0.412. The Hall–Kier alpha value is -2.61. The van der Waals surface area contributed by atoms with Crippen LogP contribution in [0.25, 0.3) is 0 Å². The molecule has 1 saturated heterocycles. The van der Waals surface area contributed by atoms with Crippen LogP contribution in [0, 0.1) is 11.8 Å². The summed E-state index contributed by atoms with van der Waals surface area (Å²) in [5.41, 5.74) is 2.50. The number of aliphatic hydroxyl groups is 1. The van der Waals surface area contributed by atoms with E-state index in [2.05, 4.69) is 11.8 Å². The van der Waals surface area contributed by atoms with Crippen molar-refractivity contribution >= 4 is 28.4 Å². The minimum atomic E-state index is -3.22. The van der Waals surface area contributed by atoms with E-state index in [0.29, 0.717) is 11.3 Å². The number of nitrogens with one attached hydrogen (secondary N) is 1. The smallest absolute Gasteiger partial charge is 0.414 e. The van der Waals surface area contributed by atoms with Gasteiger partial charge in [0, 0.05) is 17.7 Å². The molecule has 146 valence electrons. The van der Waals surface area contributed by atoms with Crippen LogP contribution in [0.5, 0.6) is 0 Å². The number of hydrogen-bond acceptors (Lipinski definition) is 7. The molecule has 0 saturated carbocycles. The van der Waals surface area contributed by atoms with Crippen molar-refractivity contribution in [2.75, 3.05) is 11.4 Å². The standard InChI is InChI=1S/C17H20N2O7S/c1-11(20)3-4-12-5-7-13(8-6-12)19-10-14(26-16(19)22)9-17(2,27(24)25)15(21)18-23/h5-8,11,14,20,23,27H,9-10H2,1-2H3,(H,18,21)/t11?,14-,17+/m0/s1. The molecule has 0 aliphatic carbocycles. The zero-order chi connectivity index (χ0) is 20.2. The molecule has 1 unspecified atom stereocenters. The number of carbonyl (C=O) groups is 2. The van der Waals surface area contributed by atoms with Crippen molar-refractivity contribution in [2.24, 2.45) is 0 Å². The van der Waals surface area contributed by atoms with Gasteiger partial charge in [0.05, 0.1) is 6.54 Å². The van der Waals surface area contributed by atoms with Gasteiger partial charge in [0.2, 0.25) is 0 Å². The molecule has 0 spiro atoms. The molecule has 10 heteroatoms. The molecular weight excluding hydrogens is 376 g/mol. The van der Waals surface area contributed by atoms with Gasteiger partial charge in [-0.25, -0.2) is 18.7 Å². The summed E-state index contributed by atoms with van der Waals surface area (Å²) in [5, 5.41) is 17.9. The monoisotopic (exact) mass is 396 g/mol. The van der Waals surface area contributed by atoms with Crippen LogP contribution in [0.15, 0.2) is 24.3 Å². The third kappa shape index (κ3) is 4.77. The van der Waals surface area contributed by atoms with Gasteiger partial charge >= 0.3 is 6.09 Å². The third-order valence-electron chi connectivity index (χ3n) is 4.10. The van der Waals surface area contributed by atoms with Crippen molar-refractivity contribution in [2.45, 2.75) is 37.2 Å². The summed E-state index contributed by atoms with van der Waals surface area (Å²) in [6, 6.07) is 6.62. The number of amides is 2. The van der Waals surface area contributed by atoms with E-state index < -0.39 is 39.7 Å². The van der Waals surface area contributed by atoms with Gasteiger partial charge in [-0.05, 0) is 38.1 Å². The number of cyclic esters (lactones) is 1. The number of hydroxylamine groups is 1.